The zero-order chi connectivity index (χ0) is 35.3. The first-order valence-corrected chi connectivity index (χ1v) is 18.4. The van der Waals surface area contributed by atoms with Crippen LogP contribution in [-0.4, -0.2) is 14.5 Å². The number of fused-ring (bicyclic) bond motifs is 11. The summed E-state index contributed by atoms with van der Waals surface area (Å²) in [6, 6.07) is 64.0. The molecule has 1 spiro atoms. The first-order chi connectivity index (χ1) is 26.1. The Hall–Kier alpha value is -6.58. The largest absolute Gasteiger partial charge is 0.309 e. The molecule has 9 aromatic rings. The Kier molecular flexibility index (Phi) is 6.22. The zero-order valence-corrected chi connectivity index (χ0v) is 29.6. The minimum atomic E-state index is -0.574. The molecular formula is C50H35N3. The molecule has 0 bridgehead atoms. The van der Waals surface area contributed by atoms with Crippen molar-refractivity contribution in [2.45, 2.75) is 24.7 Å². The SMILES string of the molecule is CC1(C)c2ccccc2C2(c3ccccc3-n3c4ccccc4c4cccc2c43)c2cccc(-c3cc(-c4ccccc4)nc(-c4ccccc4)n3)c21. The van der Waals surface area contributed by atoms with Gasteiger partial charge in [0.05, 0.1) is 33.5 Å². The highest BCUT2D eigenvalue weighted by Crippen LogP contribution is 2.61. The van der Waals surface area contributed by atoms with Gasteiger partial charge in [-0.25, -0.2) is 9.97 Å². The van der Waals surface area contributed by atoms with E-state index in [0.29, 0.717) is 0 Å². The minimum absolute atomic E-state index is 0.342. The summed E-state index contributed by atoms with van der Waals surface area (Å²) in [4.78, 5) is 10.5. The summed E-state index contributed by atoms with van der Waals surface area (Å²) < 4.78 is 2.51. The highest BCUT2D eigenvalue weighted by molar-refractivity contribution is 6.12. The Bertz CT molecular complexity index is 2860. The summed E-state index contributed by atoms with van der Waals surface area (Å²) in [6.45, 7) is 4.79. The number of nitrogens with zero attached hydrogens (tertiary/aromatic N) is 3. The van der Waals surface area contributed by atoms with Crippen molar-refractivity contribution in [3.8, 4) is 39.6 Å². The van der Waals surface area contributed by atoms with Gasteiger partial charge in [0.25, 0.3) is 0 Å². The molecule has 53 heavy (non-hydrogen) atoms. The molecule has 1 aliphatic carbocycles. The van der Waals surface area contributed by atoms with Crippen LogP contribution in [0, 0.1) is 0 Å². The summed E-state index contributed by atoms with van der Waals surface area (Å²) in [5.74, 6) is 0.723. The van der Waals surface area contributed by atoms with Crippen LogP contribution in [0.5, 0.6) is 0 Å². The smallest absolute Gasteiger partial charge is 0.160 e. The molecule has 7 aromatic carbocycles. The van der Waals surface area contributed by atoms with E-state index in [0.717, 1.165) is 33.9 Å². The highest BCUT2D eigenvalue weighted by Gasteiger charge is 2.53. The third-order valence-electron chi connectivity index (χ3n) is 11.8. The molecule has 0 N–H and O–H groups in total. The number of benzene rings is 7. The first kappa shape index (κ1) is 30.1. The third-order valence-corrected chi connectivity index (χ3v) is 11.8. The fraction of sp³-hybridized carbons (Fsp3) is 0.0800. The fourth-order valence-corrected chi connectivity index (χ4v) is 9.73. The van der Waals surface area contributed by atoms with Gasteiger partial charge in [-0.05, 0) is 51.6 Å². The lowest BCUT2D eigenvalue weighted by Gasteiger charge is -2.50. The van der Waals surface area contributed by atoms with Gasteiger partial charge in [0.2, 0.25) is 0 Å². The summed E-state index contributed by atoms with van der Waals surface area (Å²) in [6.07, 6.45) is 0. The molecule has 0 amide bonds. The molecule has 1 aliphatic heterocycles. The number of hydrogen-bond donors (Lipinski definition) is 0. The molecule has 0 saturated heterocycles. The molecule has 1 atom stereocenters. The van der Waals surface area contributed by atoms with Gasteiger partial charge in [0.15, 0.2) is 5.82 Å². The highest BCUT2D eigenvalue weighted by atomic mass is 15.0. The molecule has 0 fully saturated rings. The topological polar surface area (TPSA) is 30.7 Å². The molecular weight excluding hydrogens is 643 g/mol. The lowest BCUT2D eigenvalue weighted by Crippen LogP contribution is -2.44. The second kappa shape index (κ2) is 11.0. The van der Waals surface area contributed by atoms with E-state index < -0.39 is 5.41 Å². The molecule has 1 unspecified atom stereocenters. The van der Waals surface area contributed by atoms with Crippen LogP contribution < -0.4 is 0 Å². The van der Waals surface area contributed by atoms with Crippen molar-refractivity contribution in [2.24, 2.45) is 0 Å². The molecule has 2 aromatic heterocycles. The van der Waals surface area contributed by atoms with Crippen LogP contribution in [0.25, 0.3) is 61.4 Å². The van der Waals surface area contributed by atoms with Crippen molar-refractivity contribution >= 4 is 21.8 Å². The van der Waals surface area contributed by atoms with Gasteiger partial charge in [0, 0.05) is 32.9 Å². The van der Waals surface area contributed by atoms with Crippen molar-refractivity contribution in [2.75, 3.05) is 0 Å². The molecule has 250 valence electrons. The van der Waals surface area contributed by atoms with Crippen molar-refractivity contribution in [3.05, 3.63) is 209 Å². The van der Waals surface area contributed by atoms with Crippen molar-refractivity contribution < 1.29 is 0 Å². The normalized spacial score (nSPS) is 16.3. The standard InChI is InChI=1S/C50H35N3/c1-49(2)37-24-10-11-25-38(37)50(39-26-12-14-30-45(39)53-44-29-13-9-21-34(44)35-22-15-28-41(50)47(35)53)40-27-16-23-36(46(40)49)43-31-42(32-17-5-3-6-18-32)51-48(52-43)33-19-7-4-8-20-33/h3-31H,1-2H3. The molecule has 2 aliphatic rings. The number of hydrogen-bond acceptors (Lipinski definition) is 2. The lowest BCUT2D eigenvalue weighted by atomic mass is 9.52. The average molecular weight is 678 g/mol. The molecule has 0 radical (unpaired) electrons. The lowest BCUT2D eigenvalue weighted by molar-refractivity contribution is 0.557. The second-order valence-electron chi connectivity index (χ2n) is 14.9. The predicted octanol–water partition coefficient (Wildman–Crippen LogP) is 11.9. The molecule has 3 heteroatoms. The van der Waals surface area contributed by atoms with E-state index in [1.807, 2.05) is 6.07 Å². The Morgan fingerprint density at radius 1 is 0.453 bits per heavy atom. The number of rotatable bonds is 3. The number of aromatic nitrogens is 3. The Balaban J connectivity index is 1.29. The van der Waals surface area contributed by atoms with E-state index in [4.69, 9.17) is 9.97 Å². The van der Waals surface area contributed by atoms with E-state index in [1.165, 1.54) is 60.9 Å². The van der Waals surface area contributed by atoms with Gasteiger partial charge >= 0.3 is 0 Å². The van der Waals surface area contributed by atoms with E-state index in [9.17, 15) is 0 Å². The Morgan fingerprint density at radius 3 is 1.85 bits per heavy atom. The number of para-hydroxylation sites is 3. The van der Waals surface area contributed by atoms with Crippen molar-refractivity contribution in [1.82, 2.24) is 14.5 Å². The van der Waals surface area contributed by atoms with Crippen LogP contribution in [0.4, 0.5) is 0 Å². The van der Waals surface area contributed by atoms with E-state index in [1.54, 1.807) is 0 Å². The van der Waals surface area contributed by atoms with E-state index >= 15 is 0 Å². The van der Waals surface area contributed by atoms with Crippen LogP contribution in [0.3, 0.4) is 0 Å². The fourth-order valence-electron chi connectivity index (χ4n) is 9.73. The van der Waals surface area contributed by atoms with Gasteiger partial charge < -0.3 is 4.57 Å². The van der Waals surface area contributed by atoms with Gasteiger partial charge in [-0.15, -0.1) is 0 Å². The average Bonchev–Trinajstić information content (AvgIpc) is 3.56. The predicted molar refractivity (Wildman–Crippen MR) is 217 cm³/mol. The molecule has 3 nitrogen and oxygen atoms in total. The van der Waals surface area contributed by atoms with Gasteiger partial charge in [-0.3, -0.25) is 0 Å². The summed E-state index contributed by atoms with van der Waals surface area (Å²) in [5.41, 5.74) is 15.7. The Morgan fingerprint density at radius 2 is 1.04 bits per heavy atom. The van der Waals surface area contributed by atoms with Crippen LogP contribution in [0.1, 0.15) is 47.2 Å². The maximum Gasteiger partial charge on any atom is 0.160 e. The summed E-state index contributed by atoms with van der Waals surface area (Å²) >= 11 is 0. The van der Waals surface area contributed by atoms with E-state index in [2.05, 4.69) is 188 Å². The van der Waals surface area contributed by atoms with Gasteiger partial charge in [-0.1, -0.05) is 172 Å². The third kappa shape index (κ3) is 3.99. The van der Waals surface area contributed by atoms with Crippen LogP contribution in [0.15, 0.2) is 176 Å². The van der Waals surface area contributed by atoms with Crippen LogP contribution >= 0.6 is 0 Å². The van der Waals surface area contributed by atoms with Crippen molar-refractivity contribution in [1.29, 1.82) is 0 Å². The maximum atomic E-state index is 5.40. The maximum absolute atomic E-state index is 5.40. The zero-order valence-electron chi connectivity index (χ0n) is 29.6. The monoisotopic (exact) mass is 677 g/mol. The molecule has 3 heterocycles. The quantitative estimate of drug-likeness (QED) is 0.186. The van der Waals surface area contributed by atoms with Crippen LogP contribution in [-0.2, 0) is 10.8 Å². The Labute approximate surface area is 308 Å². The van der Waals surface area contributed by atoms with Crippen molar-refractivity contribution in [3.63, 3.8) is 0 Å². The van der Waals surface area contributed by atoms with Gasteiger partial charge in [-0.2, -0.15) is 0 Å². The second-order valence-corrected chi connectivity index (χ2v) is 14.9. The first-order valence-electron chi connectivity index (χ1n) is 18.4. The van der Waals surface area contributed by atoms with E-state index in [-0.39, 0.29) is 5.41 Å². The van der Waals surface area contributed by atoms with Gasteiger partial charge in [0.1, 0.15) is 0 Å². The minimum Gasteiger partial charge on any atom is -0.309 e. The van der Waals surface area contributed by atoms with Crippen LogP contribution in [0.2, 0.25) is 0 Å². The molecule has 11 rings (SSSR count). The summed E-state index contributed by atoms with van der Waals surface area (Å²) in [5, 5.41) is 2.56. The molecule has 0 saturated carbocycles. The summed E-state index contributed by atoms with van der Waals surface area (Å²) in [7, 11) is 0.